The molecule has 1 fully saturated rings. The van der Waals surface area contributed by atoms with Gasteiger partial charge in [-0.25, -0.2) is 0 Å². The molecule has 0 bridgehead atoms. The number of nitrogens with one attached hydrogen (secondary N) is 2. The van der Waals surface area contributed by atoms with E-state index in [-0.39, 0.29) is 5.91 Å². The Bertz CT molecular complexity index is 1060. The van der Waals surface area contributed by atoms with Crippen molar-refractivity contribution in [1.82, 2.24) is 10.2 Å². The first kappa shape index (κ1) is 22.4. The average molecular weight is 462 g/mol. The summed E-state index contributed by atoms with van der Waals surface area (Å²) in [6, 6.07) is 14.2. The highest BCUT2D eigenvalue weighted by Gasteiger charge is 2.30. The normalized spacial score (nSPS) is 17.8. The second kappa shape index (κ2) is 9.85. The number of nitrogens with zero attached hydrogens (tertiary/aromatic N) is 3. The van der Waals surface area contributed by atoms with Crippen molar-refractivity contribution < 1.29 is 14.4 Å². The van der Waals surface area contributed by atoms with Gasteiger partial charge in [-0.2, -0.15) is 0 Å². The summed E-state index contributed by atoms with van der Waals surface area (Å²) in [5.74, 6) is -1.10. The molecule has 178 valence electrons. The Morgan fingerprint density at radius 1 is 0.853 bits per heavy atom. The van der Waals surface area contributed by atoms with Crippen LogP contribution in [0.15, 0.2) is 42.5 Å². The van der Waals surface area contributed by atoms with E-state index in [0.29, 0.717) is 31.6 Å². The Labute approximate surface area is 199 Å². The first-order chi connectivity index (χ1) is 16.6. The lowest BCUT2D eigenvalue weighted by Gasteiger charge is -2.36. The van der Waals surface area contributed by atoms with Gasteiger partial charge < -0.3 is 20.4 Å². The van der Waals surface area contributed by atoms with Crippen LogP contribution in [0.4, 0.5) is 17.1 Å². The minimum Gasteiger partial charge on any atom is -0.369 e. The van der Waals surface area contributed by atoms with Gasteiger partial charge in [0.2, 0.25) is 5.91 Å². The lowest BCUT2D eigenvalue weighted by Crippen LogP contribution is -2.49. The van der Waals surface area contributed by atoms with Crippen LogP contribution in [-0.4, -0.2) is 68.4 Å². The van der Waals surface area contributed by atoms with Gasteiger partial charge in [-0.05, 0) is 54.7 Å². The zero-order chi connectivity index (χ0) is 23.5. The van der Waals surface area contributed by atoms with Crippen LogP contribution in [0.5, 0.6) is 0 Å². The Balaban J connectivity index is 1.09. The summed E-state index contributed by atoms with van der Waals surface area (Å²) in [7, 11) is 0. The Kier molecular flexibility index (Phi) is 6.49. The summed E-state index contributed by atoms with van der Waals surface area (Å²) >= 11 is 0. The van der Waals surface area contributed by atoms with Crippen LogP contribution < -0.4 is 20.4 Å². The molecule has 1 saturated heterocycles. The van der Waals surface area contributed by atoms with Crippen molar-refractivity contribution in [3.63, 3.8) is 0 Å². The quantitative estimate of drug-likeness (QED) is 0.664. The number of carbonyl (C=O) groups excluding carboxylic acids is 3. The molecule has 0 aromatic heterocycles. The van der Waals surface area contributed by atoms with E-state index < -0.39 is 11.8 Å². The van der Waals surface area contributed by atoms with E-state index in [2.05, 4.69) is 44.7 Å². The summed E-state index contributed by atoms with van der Waals surface area (Å²) in [5, 5.41) is 5.50. The van der Waals surface area contributed by atoms with Gasteiger partial charge in [0.1, 0.15) is 0 Å². The van der Waals surface area contributed by atoms with Crippen molar-refractivity contribution in [2.75, 3.05) is 60.9 Å². The molecular formula is C26H31N5O3. The summed E-state index contributed by atoms with van der Waals surface area (Å²) in [6.07, 6.45) is 2.95. The molecule has 5 rings (SSSR count). The summed E-state index contributed by atoms with van der Waals surface area (Å²) in [5.41, 5.74) is 5.02. The molecule has 0 spiro atoms. The molecule has 2 N–H and O–H groups in total. The van der Waals surface area contributed by atoms with Crippen LogP contribution in [0, 0.1) is 0 Å². The summed E-state index contributed by atoms with van der Waals surface area (Å²) in [4.78, 5) is 43.6. The number of piperazine rings is 1. The Hall–Kier alpha value is -3.39. The van der Waals surface area contributed by atoms with Crippen molar-refractivity contribution in [3.8, 4) is 0 Å². The number of carbonyl (C=O) groups is 3. The number of para-hydroxylation sites is 1. The van der Waals surface area contributed by atoms with Crippen LogP contribution in [0.25, 0.3) is 0 Å². The molecule has 0 unspecified atom stereocenters. The van der Waals surface area contributed by atoms with E-state index in [1.807, 2.05) is 23.1 Å². The van der Waals surface area contributed by atoms with E-state index in [1.54, 1.807) is 0 Å². The third-order valence-electron chi connectivity index (χ3n) is 6.95. The molecule has 3 heterocycles. The molecule has 0 aliphatic carbocycles. The first-order valence-electron chi connectivity index (χ1n) is 12.2. The number of benzene rings is 2. The number of anilines is 3. The minimum atomic E-state index is -0.652. The molecule has 3 aliphatic heterocycles. The Morgan fingerprint density at radius 3 is 2.35 bits per heavy atom. The maximum atomic E-state index is 12.5. The number of rotatable bonds is 5. The predicted molar refractivity (Wildman–Crippen MR) is 132 cm³/mol. The van der Waals surface area contributed by atoms with Gasteiger partial charge in [0.05, 0.1) is 5.69 Å². The maximum Gasteiger partial charge on any atom is 0.313 e. The van der Waals surface area contributed by atoms with E-state index in [0.717, 1.165) is 62.4 Å². The Morgan fingerprint density at radius 2 is 1.59 bits per heavy atom. The molecular weight excluding hydrogens is 430 g/mol. The SMILES string of the molecule is O=C(NCCN1CCN(c2ccccc2)CC1)C(=O)Nc1cc2c3c(c1)CCC(=O)N3CCC2. The number of hydrogen-bond donors (Lipinski definition) is 2. The van der Waals surface area contributed by atoms with Crippen molar-refractivity contribution in [3.05, 3.63) is 53.6 Å². The van der Waals surface area contributed by atoms with Gasteiger partial charge in [0.15, 0.2) is 0 Å². The fourth-order valence-corrected chi connectivity index (χ4v) is 5.19. The predicted octanol–water partition coefficient (Wildman–Crippen LogP) is 1.79. The number of aryl methyl sites for hydroxylation is 2. The molecule has 2 aromatic carbocycles. The minimum absolute atomic E-state index is 0.172. The van der Waals surface area contributed by atoms with E-state index in [1.165, 1.54) is 5.69 Å². The smallest absolute Gasteiger partial charge is 0.313 e. The molecule has 0 radical (unpaired) electrons. The van der Waals surface area contributed by atoms with Gasteiger partial charge >= 0.3 is 11.8 Å². The third kappa shape index (κ3) is 4.77. The molecule has 8 heteroatoms. The topological polar surface area (TPSA) is 85.0 Å². The lowest BCUT2D eigenvalue weighted by atomic mass is 9.91. The standard InChI is InChI=1S/C26H31N5O3/c32-23-9-8-20-18-21(17-19-5-4-11-31(23)24(19)20)28-26(34)25(33)27-10-12-29-13-15-30(16-14-29)22-6-2-1-3-7-22/h1-3,6-7,17-18H,4-5,8-16H2,(H,27,33)(H,28,34). The van der Waals surface area contributed by atoms with Crippen molar-refractivity contribution in [1.29, 1.82) is 0 Å². The fourth-order valence-electron chi connectivity index (χ4n) is 5.19. The highest BCUT2D eigenvalue weighted by molar-refractivity contribution is 6.39. The van der Waals surface area contributed by atoms with Crippen LogP contribution >= 0.6 is 0 Å². The molecule has 3 aliphatic rings. The molecule has 0 atom stereocenters. The molecule has 3 amide bonds. The highest BCUT2D eigenvalue weighted by Crippen LogP contribution is 2.37. The van der Waals surface area contributed by atoms with Gasteiger partial charge in [-0.1, -0.05) is 18.2 Å². The largest absolute Gasteiger partial charge is 0.369 e. The van der Waals surface area contributed by atoms with Crippen LogP contribution in [0.2, 0.25) is 0 Å². The first-order valence-corrected chi connectivity index (χ1v) is 12.2. The van der Waals surface area contributed by atoms with E-state index in [9.17, 15) is 14.4 Å². The monoisotopic (exact) mass is 461 g/mol. The zero-order valence-corrected chi connectivity index (χ0v) is 19.4. The molecule has 34 heavy (non-hydrogen) atoms. The van der Waals surface area contributed by atoms with Crippen LogP contribution in [0.3, 0.4) is 0 Å². The second-order valence-corrected chi connectivity index (χ2v) is 9.17. The van der Waals surface area contributed by atoms with Crippen LogP contribution in [-0.2, 0) is 27.2 Å². The van der Waals surface area contributed by atoms with E-state index in [4.69, 9.17) is 0 Å². The maximum absolute atomic E-state index is 12.5. The molecule has 8 nitrogen and oxygen atoms in total. The highest BCUT2D eigenvalue weighted by atomic mass is 16.2. The van der Waals surface area contributed by atoms with Gasteiger partial charge in [0.25, 0.3) is 0 Å². The fraction of sp³-hybridized carbons (Fsp3) is 0.423. The van der Waals surface area contributed by atoms with Crippen molar-refractivity contribution >= 4 is 34.8 Å². The van der Waals surface area contributed by atoms with Crippen LogP contribution in [0.1, 0.15) is 24.0 Å². The van der Waals surface area contributed by atoms with E-state index >= 15 is 0 Å². The van der Waals surface area contributed by atoms with Gasteiger partial charge in [-0.15, -0.1) is 0 Å². The zero-order valence-electron chi connectivity index (χ0n) is 19.4. The lowest BCUT2D eigenvalue weighted by molar-refractivity contribution is -0.136. The summed E-state index contributed by atoms with van der Waals surface area (Å²) in [6.45, 7) is 5.65. The van der Waals surface area contributed by atoms with Crippen molar-refractivity contribution in [2.24, 2.45) is 0 Å². The molecule has 2 aromatic rings. The second-order valence-electron chi connectivity index (χ2n) is 9.17. The number of hydrogen-bond acceptors (Lipinski definition) is 5. The summed E-state index contributed by atoms with van der Waals surface area (Å²) < 4.78 is 0. The third-order valence-corrected chi connectivity index (χ3v) is 6.95. The molecule has 0 saturated carbocycles. The van der Waals surface area contributed by atoms with Crippen molar-refractivity contribution in [2.45, 2.75) is 25.7 Å². The van der Waals surface area contributed by atoms with Gasteiger partial charge in [-0.3, -0.25) is 19.3 Å². The number of amides is 3. The van der Waals surface area contributed by atoms with Gasteiger partial charge in [0, 0.05) is 63.6 Å². The average Bonchev–Trinajstić information content (AvgIpc) is 2.87.